The first kappa shape index (κ1) is 8.88. The van der Waals surface area contributed by atoms with Crippen LogP contribution in [0.5, 0.6) is 0 Å². The second kappa shape index (κ2) is 3.82. The average molecular weight is 143 g/mol. The number of carbonyl (C=O) groups is 1. The van der Waals surface area contributed by atoms with Crippen molar-refractivity contribution in [2.75, 3.05) is 0 Å². The summed E-state index contributed by atoms with van der Waals surface area (Å²) in [6.07, 6.45) is 1.15. The summed E-state index contributed by atoms with van der Waals surface area (Å²) in [7, 11) is 0. The van der Waals surface area contributed by atoms with Crippen molar-refractivity contribution in [2.24, 2.45) is 0 Å². The van der Waals surface area contributed by atoms with Crippen molar-refractivity contribution in [3.63, 3.8) is 0 Å². The molecule has 0 atom stereocenters. The summed E-state index contributed by atoms with van der Waals surface area (Å²) in [6.45, 7) is 5.96. The van der Waals surface area contributed by atoms with Gasteiger partial charge in [0.05, 0.1) is 0 Å². The molecule has 0 spiro atoms. The van der Waals surface area contributed by atoms with Crippen molar-refractivity contribution in [1.29, 1.82) is 0 Å². The largest absolute Gasteiger partial charge is 0.330 e. The molecule has 0 rings (SSSR count). The molecular weight excluding hydrogens is 133 g/mol. The normalized spacial score (nSPS) is 10.9. The zero-order chi connectivity index (χ0) is 8.15. The number of carbonyl (C=O) groups excluding carboxylic acids is 1. The summed E-state index contributed by atoms with van der Waals surface area (Å²) in [5, 5.41) is 2.40. The van der Waals surface area contributed by atoms with E-state index < -0.39 is 5.83 Å². The van der Waals surface area contributed by atoms with Gasteiger partial charge in [0.1, 0.15) is 5.83 Å². The Kier molecular flexibility index (Phi) is 3.39. The lowest BCUT2D eigenvalue weighted by atomic mass is 10.4. The highest BCUT2D eigenvalue weighted by Crippen LogP contribution is 1.96. The Morgan fingerprint density at radius 3 is 2.40 bits per heavy atom. The van der Waals surface area contributed by atoms with Crippen LogP contribution in [0.3, 0.4) is 0 Å². The Balaban J connectivity index is 3.95. The molecule has 0 aliphatic heterocycles. The van der Waals surface area contributed by atoms with Crippen molar-refractivity contribution in [2.45, 2.75) is 13.8 Å². The first-order valence-electron chi connectivity index (χ1n) is 2.82. The first-order chi connectivity index (χ1) is 4.52. The van der Waals surface area contributed by atoms with Crippen LogP contribution in [0.1, 0.15) is 13.8 Å². The molecule has 0 radical (unpaired) electrons. The van der Waals surface area contributed by atoms with Crippen molar-refractivity contribution < 1.29 is 9.18 Å². The van der Waals surface area contributed by atoms with Gasteiger partial charge < -0.3 is 5.32 Å². The SMILES string of the molecule is C=C(F)/C=C(/C)NC(C)=O. The molecule has 0 aliphatic carbocycles. The smallest absolute Gasteiger partial charge is 0.220 e. The Bertz CT molecular complexity index is 184. The van der Waals surface area contributed by atoms with E-state index in [1.165, 1.54) is 6.92 Å². The van der Waals surface area contributed by atoms with Gasteiger partial charge in [-0.2, -0.15) is 0 Å². The average Bonchev–Trinajstić information content (AvgIpc) is 1.58. The minimum atomic E-state index is -0.564. The lowest BCUT2D eigenvalue weighted by Gasteiger charge is -1.98. The van der Waals surface area contributed by atoms with Gasteiger partial charge in [-0.3, -0.25) is 4.79 Å². The molecule has 0 aromatic heterocycles. The summed E-state index contributed by atoms with van der Waals surface area (Å²) in [4.78, 5) is 10.3. The van der Waals surface area contributed by atoms with Gasteiger partial charge in [-0.25, -0.2) is 4.39 Å². The molecule has 0 unspecified atom stereocenters. The fourth-order valence-electron chi connectivity index (χ4n) is 0.549. The van der Waals surface area contributed by atoms with Gasteiger partial charge in [0.25, 0.3) is 0 Å². The number of rotatable bonds is 2. The van der Waals surface area contributed by atoms with E-state index in [0.717, 1.165) is 6.08 Å². The van der Waals surface area contributed by atoms with Crippen LogP contribution in [0, 0.1) is 0 Å². The van der Waals surface area contributed by atoms with Crippen LogP contribution in [0.15, 0.2) is 24.2 Å². The molecule has 10 heavy (non-hydrogen) atoms. The minimum absolute atomic E-state index is 0.213. The number of halogens is 1. The number of nitrogens with one attached hydrogen (secondary N) is 1. The van der Waals surface area contributed by atoms with Crippen LogP contribution < -0.4 is 5.32 Å². The zero-order valence-corrected chi connectivity index (χ0v) is 6.07. The third-order valence-corrected chi connectivity index (χ3v) is 0.746. The summed E-state index contributed by atoms with van der Waals surface area (Å²) in [6, 6.07) is 0. The van der Waals surface area contributed by atoms with Crippen LogP contribution >= 0.6 is 0 Å². The maximum absolute atomic E-state index is 12.0. The molecule has 1 amide bonds. The standard InChI is InChI=1S/C7H10FNO/c1-5(8)4-6(2)9-7(3)10/h4H,1H2,2-3H3,(H,9,10)/b6-4-. The molecule has 0 saturated carbocycles. The molecular formula is C7H10FNO. The topological polar surface area (TPSA) is 29.1 Å². The van der Waals surface area contributed by atoms with E-state index >= 15 is 0 Å². The Hall–Kier alpha value is -1.12. The maximum Gasteiger partial charge on any atom is 0.220 e. The van der Waals surface area contributed by atoms with Gasteiger partial charge in [-0.05, 0) is 13.0 Å². The molecule has 2 nitrogen and oxygen atoms in total. The maximum atomic E-state index is 12.0. The summed E-state index contributed by atoms with van der Waals surface area (Å²) < 4.78 is 12.0. The molecule has 0 bridgehead atoms. The van der Waals surface area contributed by atoms with Crippen LogP contribution in [-0.4, -0.2) is 5.91 Å². The van der Waals surface area contributed by atoms with Crippen LogP contribution in [0.4, 0.5) is 4.39 Å². The number of hydrogen-bond donors (Lipinski definition) is 1. The van der Waals surface area contributed by atoms with Gasteiger partial charge in [0.2, 0.25) is 5.91 Å². The zero-order valence-electron chi connectivity index (χ0n) is 6.07. The van der Waals surface area contributed by atoms with Crippen molar-refractivity contribution in [3.8, 4) is 0 Å². The summed E-state index contributed by atoms with van der Waals surface area (Å²) >= 11 is 0. The number of amides is 1. The highest BCUT2D eigenvalue weighted by molar-refractivity contribution is 5.74. The molecule has 0 aromatic carbocycles. The lowest BCUT2D eigenvalue weighted by Crippen LogP contribution is -2.16. The van der Waals surface area contributed by atoms with E-state index in [9.17, 15) is 9.18 Å². The molecule has 0 aromatic rings. The van der Waals surface area contributed by atoms with E-state index in [4.69, 9.17) is 0 Å². The highest BCUT2D eigenvalue weighted by atomic mass is 19.1. The number of hydrogen-bond acceptors (Lipinski definition) is 1. The van der Waals surface area contributed by atoms with Crippen molar-refractivity contribution in [3.05, 3.63) is 24.2 Å². The van der Waals surface area contributed by atoms with Gasteiger partial charge in [0.15, 0.2) is 0 Å². The third-order valence-electron chi connectivity index (χ3n) is 0.746. The van der Waals surface area contributed by atoms with Crippen molar-refractivity contribution in [1.82, 2.24) is 5.32 Å². The van der Waals surface area contributed by atoms with Crippen molar-refractivity contribution >= 4 is 5.91 Å². The fourth-order valence-corrected chi connectivity index (χ4v) is 0.549. The van der Waals surface area contributed by atoms with E-state index in [1.54, 1.807) is 6.92 Å². The van der Waals surface area contributed by atoms with E-state index in [0.29, 0.717) is 5.70 Å². The molecule has 0 aliphatic rings. The van der Waals surface area contributed by atoms with Gasteiger partial charge in [-0.1, -0.05) is 6.58 Å². The second-order valence-corrected chi connectivity index (χ2v) is 1.96. The van der Waals surface area contributed by atoms with Gasteiger partial charge in [-0.15, -0.1) is 0 Å². The summed E-state index contributed by atoms with van der Waals surface area (Å²) in [5.41, 5.74) is 0.458. The molecule has 3 heteroatoms. The van der Waals surface area contributed by atoms with Crippen LogP contribution in [0.25, 0.3) is 0 Å². The molecule has 0 fully saturated rings. The van der Waals surface area contributed by atoms with E-state index in [1.807, 2.05) is 0 Å². The fraction of sp³-hybridized carbons (Fsp3) is 0.286. The quantitative estimate of drug-likeness (QED) is 0.583. The molecule has 0 saturated heterocycles. The molecule has 1 N–H and O–H groups in total. The predicted octanol–water partition coefficient (Wildman–Crippen LogP) is 1.51. The molecule has 0 heterocycles. The lowest BCUT2D eigenvalue weighted by molar-refractivity contribution is -0.118. The Morgan fingerprint density at radius 1 is 1.60 bits per heavy atom. The predicted molar refractivity (Wildman–Crippen MR) is 37.8 cm³/mol. The molecule has 56 valence electrons. The number of allylic oxidation sites excluding steroid dienone is 3. The monoisotopic (exact) mass is 143 g/mol. The minimum Gasteiger partial charge on any atom is -0.330 e. The second-order valence-electron chi connectivity index (χ2n) is 1.96. The van der Waals surface area contributed by atoms with Gasteiger partial charge >= 0.3 is 0 Å². The van der Waals surface area contributed by atoms with Gasteiger partial charge in [0, 0.05) is 12.6 Å². The van der Waals surface area contributed by atoms with E-state index in [2.05, 4.69) is 11.9 Å². The van der Waals surface area contributed by atoms with E-state index in [-0.39, 0.29) is 5.91 Å². The first-order valence-corrected chi connectivity index (χ1v) is 2.82. The Morgan fingerprint density at radius 2 is 2.10 bits per heavy atom. The third kappa shape index (κ3) is 5.03. The highest BCUT2D eigenvalue weighted by Gasteiger charge is 1.91. The summed E-state index contributed by atoms with van der Waals surface area (Å²) in [5.74, 6) is -0.777. The van der Waals surface area contributed by atoms with Crippen LogP contribution in [-0.2, 0) is 4.79 Å². The van der Waals surface area contributed by atoms with Crippen LogP contribution in [0.2, 0.25) is 0 Å². The Labute approximate surface area is 59.4 Å².